The fraction of sp³-hybridized carbons (Fsp3) is 0.176. The summed E-state index contributed by atoms with van der Waals surface area (Å²) in [5.41, 5.74) is 1.37. The molecule has 0 aliphatic carbocycles. The summed E-state index contributed by atoms with van der Waals surface area (Å²) >= 11 is 0. The lowest BCUT2D eigenvalue weighted by Gasteiger charge is -2.13. The molecule has 0 bridgehead atoms. The highest BCUT2D eigenvalue weighted by atomic mass is 16.7. The molecule has 2 aromatic carbocycles. The Morgan fingerprint density at radius 1 is 1.05 bits per heavy atom. The minimum absolute atomic E-state index is 0.102. The molecule has 5 heteroatoms. The van der Waals surface area contributed by atoms with Crippen molar-refractivity contribution in [3.63, 3.8) is 0 Å². The zero-order valence-electron chi connectivity index (χ0n) is 12.1. The molecule has 0 atom stereocenters. The largest absolute Gasteiger partial charge is 0.511 e. The third-order valence-corrected chi connectivity index (χ3v) is 2.94. The first-order chi connectivity index (χ1) is 10.6. The van der Waals surface area contributed by atoms with Gasteiger partial charge in [0, 0.05) is 5.56 Å². The highest BCUT2D eigenvalue weighted by Gasteiger charge is 2.19. The molecule has 114 valence electrons. The summed E-state index contributed by atoms with van der Waals surface area (Å²) in [6, 6.07) is 13.7. The second-order valence-corrected chi connectivity index (χ2v) is 4.55. The van der Waals surface area contributed by atoms with Crippen LogP contribution in [-0.4, -0.2) is 23.8 Å². The molecule has 2 aromatic rings. The third-order valence-electron chi connectivity index (χ3n) is 2.94. The van der Waals surface area contributed by atoms with Crippen LogP contribution < -0.4 is 4.74 Å². The van der Waals surface area contributed by atoms with Gasteiger partial charge in [-0.3, -0.25) is 0 Å². The van der Waals surface area contributed by atoms with Crippen molar-refractivity contribution in [3.05, 3.63) is 54.1 Å². The highest BCUT2D eigenvalue weighted by Crippen LogP contribution is 2.34. The second kappa shape index (κ2) is 7.26. The lowest BCUT2D eigenvalue weighted by atomic mass is 9.98. The van der Waals surface area contributed by atoms with Crippen LogP contribution in [0.1, 0.15) is 23.7 Å². The SMILES string of the molecule is CCCOC(=O)c1cccc(OC(=O)O)c1-c1ccccc1. The Morgan fingerprint density at radius 3 is 2.41 bits per heavy atom. The van der Waals surface area contributed by atoms with E-state index in [0.717, 1.165) is 0 Å². The Bertz CT molecular complexity index is 664. The molecule has 0 saturated heterocycles. The van der Waals surface area contributed by atoms with Crippen molar-refractivity contribution in [1.82, 2.24) is 0 Å². The molecule has 0 amide bonds. The summed E-state index contributed by atoms with van der Waals surface area (Å²) in [6.45, 7) is 2.20. The van der Waals surface area contributed by atoms with Crippen molar-refractivity contribution in [2.45, 2.75) is 13.3 Å². The van der Waals surface area contributed by atoms with Gasteiger partial charge in [0.05, 0.1) is 12.2 Å². The van der Waals surface area contributed by atoms with E-state index in [9.17, 15) is 9.59 Å². The quantitative estimate of drug-likeness (QED) is 0.668. The minimum atomic E-state index is -1.43. The summed E-state index contributed by atoms with van der Waals surface area (Å²) in [5, 5.41) is 8.87. The van der Waals surface area contributed by atoms with Gasteiger partial charge in [-0.2, -0.15) is 0 Å². The normalized spacial score (nSPS) is 10.0. The molecule has 0 heterocycles. The summed E-state index contributed by atoms with van der Waals surface area (Å²) in [5.74, 6) is -0.402. The van der Waals surface area contributed by atoms with Gasteiger partial charge in [0.25, 0.3) is 0 Å². The van der Waals surface area contributed by atoms with Gasteiger partial charge >= 0.3 is 12.1 Å². The summed E-state index contributed by atoms with van der Waals surface area (Å²) in [4.78, 5) is 23.1. The van der Waals surface area contributed by atoms with Crippen molar-refractivity contribution in [2.75, 3.05) is 6.61 Å². The molecule has 0 radical (unpaired) electrons. The lowest BCUT2D eigenvalue weighted by Crippen LogP contribution is -2.10. The van der Waals surface area contributed by atoms with E-state index in [1.165, 1.54) is 6.07 Å². The number of ether oxygens (including phenoxy) is 2. The molecule has 5 nitrogen and oxygen atoms in total. The zero-order chi connectivity index (χ0) is 15.9. The van der Waals surface area contributed by atoms with Crippen LogP contribution in [0.5, 0.6) is 5.75 Å². The topological polar surface area (TPSA) is 72.8 Å². The van der Waals surface area contributed by atoms with E-state index >= 15 is 0 Å². The molecular formula is C17H16O5. The van der Waals surface area contributed by atoms with E-state index < -0.39 is 12.1 Å². The van der Waals surface area contributed by atoms with E-state index in [4.69, 9.17) is 14.6 Å². The average molecular weight is 300 g/mol. The highest BCUT2D eigenvalue weighted by molar-refractivity contribution is 5.99. The predicted octanol–water partition coefficient (Wildman–Crippen LogP) is 3.98. The van der Waals surface area contributed by atoms with E-state index in [2.05, 4.69) is 0 Å². The van der Waals surface area contributed by atoms with Gasteiger partial charge in [0.15, 0.2) is 0 Å². The maximum Gasteiger partial charge on any atom is 0.511 e. The molecule has 0 unspecified atom stereocenters. The number of hydrogen-bond acceptors (Lipinski definition) is 4. The molecule has 0 aliphatic rings. The zero-order valence-corrected chi connectivity index (χ0v) is 12.1. The van der Waals surface area contributed by atoms with Crippen LogP contribution in [0.4, 0.5) is 4.79 Å². The molecule has 2 rings (SSSR count). The van der Waals surface area contributed by atoms with Crippen LogP contribution in [0.3, 0.4) is 0 Å². The standard InChI is InChI=1S/C17H16O5/c1-2-11-21-16(18)13-9-6-10-14(22-17(19)20)15(13)12-7-4-3-5-8-12/h3-10H,2,11H2,1H3,(H,19,20). The molecule has 1 N–H and O–H groups in total. The van der Waals surface area contributed by atoms with Crippen LogP contribution in [-0.2, 0) is 4.74 Å². The summed E-state index contributed by atoms with van der Waals surface area (Å²) in [7, 11) is 0. The first-order valence-corrected chi connectivity index (χ1v) is 6.89. The Labute approximate surface area is 128 Å². The number of esters is 1. The maximum atomic E-state index is 12.2. The van der Waals surface area contributed by atoms with Gasteiger partial charge in [-0.1, -0.05) is 43.3 Å². The van der Waals surface area contributed by atoms with E-state index in [-0.39, 0.29) is 11.3 Å². The van der Waals surface area contributed by atoms with Crippen molar-refractivity contribution < 1.29 is 24.2 Å². The molecule has 0 aliphatic heterocycles. The first kappa shape index (κ1) is 15.6. The Kier molecular flexibility index (Phi) is 5.14. The predicted molar refractivity (Wildman–Crippen MR) is 81.1 cm³/mol. The summed E-state index contributed by atoms with van der Waals surface area (Å²) in [6.07, 6.45) is -0.728. The van der Waals surface area contributed by atoms with Crippen molar-refractivity contribution in [1.29, 1.82) is 0 Å². The smallest absolute Gasteiger partial charge is 0.462 e. The average Bonchev–Trinajstić information content (AvgIpc) is 2.52. The van der Waals surface area contributed by atoms with Gasteiger partial charge < -0.3 is 14.6 Å². The van der Waals surface area contributed by atoms with Crippen LogP contribution >= 0.6 is 0 Å². The maximum absolute atomic E-state index is 12.2. The van der Waals surface area contributed by atoms with Gasteiger partial charge in [-0.05, 0) is 24.1 Å². The number of carbonyl (C=O) groups excluding carboxylic acids is 1. The fourth-order valence-electron chi connectivity index (χ4n) is 2.06. The van der Waals surface area contributed by atoms with Crippen LogP contribution in [0.15, 0.2) is 48.5 Å². The van der Waals surface area contributed by atoms with Crippen LogP contribution in [0.25, 0.3) is 11.1 Å². The number of rotatable bonds is 5. The van der Waals surface area contributed by atoms with Gasteiger partial charge in [-0.25, -0.2) is 9.59 Å². The lowest BCUT2D eigenvalue weighted by molar-refractivity contribution is 0.0505. The Hall–Kier alpha value is -2.82. The van der Waals surface area contributed by atoms with E-state index in [1.807, 2.05) is 13.0 Å². The number of benzene rings is 2. The third kappa shape index (κ3) is 3.63. The van der Waals surface area contributed by atoms with Crippen LogP contribution in [0, 0.1) is 0 Å². The number of carbonyl (C=O) groups is 2. The van der Waals surface area contributed by atoms with Crippen molar-refractivity contribution >= 4 is 12.1 Å². The van der Waals surface area contributed by atoms with Gasteiger partial charge in [-0.15, -0.1) is 0 Å². The molecule has 0 spiro atoms. The first-order valence-electron chi connectivity index (χ1n) is 6.89. The molecule has 22 heavy (non-hydrogen) atoms. The minimum Gasteiger partial charge on any atom is -0.462 e. The van der Waals surface area contributed by atoms with E-state index in [0.29, 0.717) is 24.2 Å². The summed E-state index contributed by atoms with van der Waals surface area (Å²) < 4.78 is 9.96. The van der Waals surface area contributed by atoms with Gasteiger partial charge in [0.1, 0.15) is 5.75 Å². The monoisotopic (exact) mass is 300 g/mol. The fourth-order valence-corrected chi connectivity index (χ4v) is 2.06. The Morgan fingerprint density at radius 2 is 1.77 bits per heavy atom. The van der Waals surface area contributed by atoms with Gasteiger partial charge in [0.2, 0.25) is 0 Å². The van der Waals surface area contributed by atoms with Crippen molar-refractivity contribution in [3.8, 4) is 16.9 Å². The number of carboxylic acid groups (broad SMARTS) is 1. The molecule has 0 fully saturated rings. The van der Waals surface area contributed by atoms with Crippen molar-refractivity contribution in [2.24, 2.45) is 0 Å². The Balaban J connectivity index is 2.53. The van der Waals surface area contributed by atoms with E-state index in [1.54, 1.807) is 36.4 Å². The number of hydrogen-bond donors (Lipinski definition) is 1. The molecule has 0 saturated carbocycles. The molecular weight excluding hydrogens is 284 g/mol. The second-order valence-electron chi connectivity index (χ2n) is 4.55. The van der Waals surface area contributed by atoms with Crippen LogP contribution in [0.2, 0.25) is 0 Å². The molecule has 0 aromatic heterocycles.